The third-order valence-corrected chi connectivity index (χ3v) is 5.73. The summed E-state index contributed by atoms with van der Waals surface area (Å²) in [5.41, 5.74) is 5.24. The van der Waals surface area contributed by atoms with Crippen LogP contribution in [-0.2, 0) is 0 Å². The van der Waals surface area contributed by atoms with Crippen LogP contribution in [0.4, 0.5) is 0 Å². The molecule has 2 heteroatoms. The van der Waals surface area contributed by atoms with E-state index in [2.05, 4.69) is 52.5 Å². The van der Waals surface area contributed by atoms with Crippen molar-refractivity contribution in [2.75, 3.05) is 26.8 Å². The highest BCUT2D eigenvalue weighted by Crippen LogP contribution is 2.47. The molecule has 1 saturated heterocycles. The number of nitrogens with zero attached hydrogens (tertiary/aromatic N) is 2. The summed E-state index contributed by atoms with van der Waals surface area (Å²) in [4.78, 5) is 2.63. The van der Waals surface area contributed by atoms with E-state index in [4.69, 9.17) is 0 Å². The van der Waals surface area contributed by atoms with Crippen molar-refractivity contribution in [3.05, 3.63) is 48.2 Å². The summed E-state index contributed by atoms with van der Waals surface area (Å²) in [5, 5.41) is 0. The minimum Gasteiger partial charge on any atom is -0.279 e. The van der Waals surface area contributed by atoms with E-state index in [1.807, 2.05) is 6.08 Å². The Morgan fingerprint density at radius 2 is 2.00 bits per heavy atom. The molecule has 3 unspecified atom stereocenters. The summed E-state index contributed by atoms with van der Waals surface area (Å²) in [6.07, 6.45) is 5.63. The lowest BCUT2D eigenvalue weighted by molar-refractivity contribution is -0.898. The molecule has 2 aliphatic rings. The predicted octanol–water partition coefficient (Wildman–Crippen LogP) is 4.49. The van der Waals surface area contributed by atoms with E-state index in [1.165, 1.54) is 24.2 Å². The van der Waals surface area contributed by atoms with Gasteiger partial charge in [-0.2, -0.15) is 0 Å². The van der Waals surface area contributed by atoms with Gasteiger partial charge in [0.2, 0.25) is 0 Å². The number of rotatable bonds is 7. The molecular formula is C20H33N2+. The molecule has 0 spiro atoms. The Kier molecular flexibility index (Phi) is 5.14. The Labute approximate surface area is 137 Å². The monoisotopic (exact) mass is 301 g/mol. The van der Waals surface area contributed by atoms with Crippen molar-refractivity contribution in [3.8, 4) is 0 Å². The second kappa shape index (κ2) is 6.55. The predicted molar refractivity (Wildman–Crippen MR) is 96.3 cm³/mol. The molecule has 1 saturated carbocycles. The maximum atomic E-state index is 4.34. The number of likely N-dealkylation sites (N-methyl/N-ethyl adjacent to an activating group) is 1. The van der Waals surface area contributed by atoms with Crippen LogP contribution in [0.5, 0.6) is 0 Å². The van der Waals surface area contributed by atoms with Crippen molar-refractivity contribution >= 4 is 0 Å². The summed E-state index contributed by atoms with van der Waals surface area (Å²) >= 11 is 0. The van der Waals surface area contributed by atoms with Crippen LogP contribution in [0.2, 0.25) is 0 Å². The van der Waals surface area contributed by atoms with Crippen molar-refractivity contribution in [2.24, 2.45) is 5.92 Å². The molecule has 1 aliphatic carbocycles. The number of quaternary nitrogens is 1. The molecule has 0 bridgehead atoms. The summed E-state index contributed by atoms with van der Waals surface area (Å²) in [6.45, 7) is 22.4. The van der Waals surface area contributed by atoms with Crippen LogP contribution in [0.15, 0.2) is 48.2 Å². The quantitative estimate of drug-likeness (QED) is 0.495. The second-order valence-electron chi connectivity index (χ2n) is 7.37. The highest BCUT2D eigenvalue weighted by atomic mass is 15.5. The molecule has 0 aromatic heterocycles. The number of fused-ring (bicyclic) bond motifs is 1. The van der Waals surface area contributed by atoms with Gasteiger partial charge in [0, 0.05) is 31.0 Å². The van der Waals surface area contributed by atoms with Crippen LogP contribution in [0.3, 0.4) is 0 Å². The van der Waals surface area contributed by atoms with E-state index < -0.39 is 0 Å². The van der Waals surface area contributed by atoms with Gasteiger partial charge in [-0.25, -0.2) is 0 Å². The topological polar surface area (TPSA) is 3.24 Å². The maximum absolute atomic E-state index is 4.34. The largest absolute Gasteiger partial charge is 0.279 e. The molecule has 2 nitrogen and oxygen atoms in total. The molecular weight excluding hydrogens is 268 g/mol. The van der Waals surface area contributed by atoms with Gasteiger partial charge in [-0.15, -0.1) is 0 Å². The summed E-state index contributed by atoms with van der Waals surface area (Å²) < 4.78 is 0.978. The number of hydrogen-bond donors (Lipinski definition) is 0. The summed E-state index contributed by atoms with van der Waals surface area (Å²) in [7, 11) is 2.35. The van der Waals surface area contributed by atoms with Gasteiger partial charge >= 0.3 is 0 Å². The molecule has 0 radical (unpaired) electrons. The summed E-state index contributed by atoms with van der Waals surface area (Å²) in [5.74, 6) is 0.851. The van der Waals surface area contributed by atoms with Crippen LogP contribution in [0, 0.1) is 5.92 Å². The SMILES string of the molecule is C=C/C(C)=C(\CC)CCN1CC2CC2[N+](C)(C(=C)C(=C)C)C1. The molecule has 3 atom stereocenters. The van der Waals surface area contributed by atoms with Crippen LogP contribution in [-0.4, -0.2) is 42.2 Å². The Bertz CT molecular complexity index is 514. The van der Waals surface area contributed by atoms with Crippen LogP contribution in [0.25, 0.3) is 0 Å². The standard InChI is InChI=1S/C20H33N2/c1-8-16(5)18(9-2)10-11-21-13-19-12-20(19)22(7,14-21)17(6)15(3)4/h8,19-20H,1,3,6,9-14H2,2,4-5,7H3/q+1/b18-16+. The first-order chi connectivity index (χ1) is 10.3. The fourth-order valence-corrected chi connectivity index (χ4v) is 4.01. The van der Waals surface area contributed by atoms with E-state index in [1.54, 1.807) is 5.57 Å². The van der Waals surface area contributed by atoms with Gasteiger partial charge in [0.1, 0.15) is 12.4 Å². The third-order valence-electron chi connectivity index (χ3n) is 5.73. The third kappa shape index (κ3) is 3.28. The lowest BCUT2D eigenvalue weighted by Gasteiger charge is -2.43. The Morgan fingerprint density at radius 1 is 1.32 bits per heavy atom. The fourth-order valence-electron chi connectivity index (χ4n) is 4.01. The van der Waals surface area contributed by atoms with E-state index >= 15 is 0 Å². The van der Waals surface area contributed by atoms with Crippen LogP contribution in [0.1, 0.15) is 40.0 Å². The molecule has 0 amide bonds. The van der Waals surface area contributed by atoms with Gasteiger partial charge in [-0.05, 0) is 33.3 Å². The molecule has 0 aromatic carbocycles. The van der Waals surface area contributed by atoms with Crippen molar-refractivity contribution in [1.29, 1.82) is 0 Å². The van der Waals surface area contributed by atoms with Gasteiger partial charge in [0.25, 0.3) is 0 Å². The van der Waals surface area contributed by atoms with E-state index in [-0.39, 0.29) is 0 Å². The molecule has 1 heterocycles. The molecule has 2 fully saturated rings. The minimum absolute atomic E-state index is 0.775. The second-order valence-corrected chi connectivity index (χ2v) is 7.37. The highest BCUT2D eigenvalue weighted by molar-refractivity contribution is 5.22. The average Bonchev–Trinajstić information content (AvgIpc) is 3.26. The van der Waals surface area contributed by atoms with Crippen molar-refractivity contribution < 1.29 is 4.48 Å². The minimum atomic E-state index is 0.775. The molecule has 122 valence electrons. The van der Waals surface area contributed by atoms with Gasteiger partial charge < -0.3 is 0 Å². The Morgan fingerprint density at radius 3 is 2.55 bits per heavy atom. The highest BCUT2D eigenvalue weighted by Gasteiger charge is 2.57. The number of allylic oxidation sites excluding steroid dienone is 3. The molecule has 0 N–H and O–H groups in total. The zero-order valence-corrected chi connectivity index (χ0v) is 15.0. The number of hydrogen-bond acceptors (Lipinski definition) is 1. The lowest BCUT2D eigenvalue weighted by atomic mass is 10.0. The van der Waals surface area contributed by atoms with Gasteiger partial charge in [-0.1, -0.05) is 37.3 Å². The van der Waals surface area contributed by atoms with E-state index in [9.17, 15) is 0 Å². The van der Waals surface area contributed by atoms with Gasteiger partial charge in [0.05, 0.1) is 13.1 Å². The molecule has 1 aliphatic heterocycles. The lowest BCUT2D eigenvalue weighted by Crippen LogP contribution is -2.57. The van der Waals surface area contributed by atoms with E-state index in [0.29, 0.717) is 0 Å². The molecule has 0 aromatic rings. The Hall–Kier alpha value is -1.12. The van der Waals surface area contributed by atoms with Gasteiger partial charge in [-0.3, -0.25) is 9.38 Å². The van der Waals surface area contributed by atoms with E-state index in [0.717, 1.165) is 48.1 Å². The Balaban J connectivity index is 2.04. The van der Waals surface area contributed by atoms with Crippen LogP contribution >= 0.6 is 0 Å². The average molecular weight is 301 g/mol. The van der Waals surface area contributed by atoms with Crippen LogP contribution < -0.4 is 0 Å². The zero-order valence-electron chi connectivity index (χ0n) is 15.0. The first-order valence-electron chi connectivity index (χ1n) is 8.57. The fraction of sp³-hybridized carbons (Fsp3) is 0.600. The van der Waals surface area contributed by atoms with Gasteiger partial charge in [0.15, 0.2) is 0 Å². The molecule has 22 heavy (non-hydrogen) atoms. The first-order valence-corrected chi connectivity index (χ1v) is 8.57. The van der Waals surface area contributed by atoms with Crippen molar-refractivity contribution in [1.82, 2.24) is 4.90 Å². The smallest absolute Gasteiger partial charge is 0.139 e. The van der Waals surface area contributed by atoms with Crippen molar-refractivity contribution in [3.63, 3.8) is 0 Å². The molecule has 2 rings (SSSR count). The maximum Gasteiger partial charge on any atom is 0.139 e. The van der Waals surface area contributed by atoms with Crippen molar-refractivity contribution in [2.45, 2.75) is 46.1 Å². The normalized spacial score (nSPS) is 32.0. The summed E-state index contributed by atoms with van der Waals surface area (Å²) in [6, 6.07) is 0.775. The zero-order chi connectivity index (χ0) is 16.5. The first kappa shape index (κ1) is 17.2.